The van der Waals surface area contributed by atoms with Crippen molar-refractivity contribution in [1.82, 2.24) is 4.90 Å². The lowest BCUT2D eigenvalue weighted by atomic mass is 9.75. The van der Waals surface area contributed by atoms with Crippen molar-refractivity contribution in [2.45, 2.75) is 38.1 Å². The van der Waals surface area contributed by atoms with Gasteiger partial charge < -0.3 is 15.4 Å². The van der Waals surface area contributed by atoms with Crippen molar-refractivity contribution >= 4 is 6.09 Å². The third kappa shape index (κ3) is 2.43. The van der Waals surface area contributed by atoms with E-state index < -0.39 is 0 Å². The van der Waals surface area contributed by atoms with Gasteiger partial charge in [0.05, 0.1) is 12.6 Å². The van der Waals surface area contributed by atoms with E-state index in [2.05, 4.69) is 6.92 Å². The molecule has 0 bridgehead atoms. The molecule has 0 aromatic carbocycles. The topological polar surface area (TPSA) is 55.6 Å². The average molecular weight is 214 g/mol. The fourth-order valence-electron chi connectivity index (χ4n) is 2.59. The molecule has 2 unspecified atom stereocenters. The zero-order valence-electron chi connectivity index (χ0n) is 9.95. The first-order chi connectivity index (χ1) is 7.05. The Morgan fingerprint density at radius 1 is 1.67 bits per heavy atom. The molecule has 1 aliphatic rings. The fourth-order valence-corrected chi connectivity index (χ4v) is 2.59. The number of carbonyl (C=O) groups excluding carboxylic acids is 1. The lowest BCUT2D eigenvalue weighted by Crippen LogP contribution is -2.56. The van der Waals surface area contributed by atoms with Crippen LogP contribution < -0.4 is 5.73 Å². The van der Waals surface area contributed by atoms with Gasteiger partial charge in [0.2, 0.25) is 0 Å². The summed E-state index contributed by atoms with van der Waals surface area (Å²) in [4.78, 5) is 13.2. The Kier molecular flexibility index (Phi) is 3.97. The van der Waals surface area contributed by atoms with E-state index in [4.69, 9.17) is 10.5 Å². The van der Waals surface area contributed by atoms with Crippen LogP contribution in [-0.2, 0) is 4.74 Å². The van der Waals surface area contributed by atoms with Crippen molar-refractivity contribution in [2.75, 3.05) is 20.7 Å². The first-order valence-electron chi connectivity index (χ1n) is 5.57. The van der Waals surface area contributed by atoms with E-state index in [0.717, 1.165) is 19.3 Å². The molecule has 4 heteroatoms. The summed E-state index contributed by atoms with van der Waals surface area (Å²) in [6.45, 7) is 2.73. The van der Waals surface area contributed by atoms with Crippen LogP contribution in [0.3, 0.4) is 0 Å². The van der Waals surface area contributed by atoms with Crippen molar-refractivity contribution < 1.29 is 9.53 Å². The van der Waals surface area contributed by atoms with Gasteiger partial charge in [0.1, 0.15) is 0 Å². The average Bonchev–Trinajstić information content (AvgIpc) is 2.26. The minimum atomic E-state index is -0.283. The van der Waals surface area contributed by atoms with Crippen LogP contribution in [0.4, 0.5) is 4.79 Å². The van der Waals surface area contributed by atoms with Crippen molar-refractivity contribution in [3.63, 3.8) is 0 Å². The summed E-state index contributed by atoms with van der Waals surface area (Å²) in [6, 6.07) is 0. The number of amides is 1. The Labute approximate surface area is 91.8 Å². The highest BCUT2D eigenvalue weighted by Gasteiger charge is 2.40. The normalized spacial score (nSPS) is 31.1. The molecule has 15 heavy (non-hydrogen) atoms. The molecule has 1 rings (SSSR count). The van der Waals surface area contributed by atoms with E-state index in [0.29, 0.717) is 12.5 Å². The van der Waals surface area contributed by atoms with E-state index in [1.165, 1.54) is 13.5 Å². The van der Waals surface area contributed by atoms with Crippen LogP contribution >= 0.6 is 0 Å². The molecule has 0 heterocycles. The summed E-state index contributed by atoms with van der Waals surface area (Å²) >= 11 is 0. The zero-order valence-corrected chi connectivity index (χ0v) is 9.95. The maximum atomic E-state index is 11.5. The summed E-state index contributed by atoms with van der Waals surface area (Å²) in [5, 5.41) is 0. The molecule has 0 aromatic rings. The number of ether oxygens (including phenoxy) is 1. The minimum absolute atomic E-state index is 0.190. The number of carbonyl (C=O) groups is 1. The van der Waals surface area contributed by atoms with Gasteiger partial charge in [-0.15, -0.1) is 0 Å². The smallest absolute Gasteiger partial charge is 0.409 e. The van der Waals surface area contributed by atoms with Crippen LogP contribution in [0.25, 0.3) is 0 Å². The highest BCUT2D eigenvalue weighted by Crippen LogP contribution is 2.35. The third-order valence-electron chi connectivity index (χ3n) is 3.61. The molecule has 2 N–H and O–H groups in total. The Morgan fingerprint density at radius 3 is 2.80 bits per heavy atom. The number of methoxy groups -OCH3 is 1. The van der Waals surface area contributed by atoms with Gasteiger partial charge in [0.15, 0.2) is 0 Å². The number of hydrogen-bond donors (Lipinski definition) is 1. The van der Waals surface area contributed by atoms with Crippen LogP contribution in [0.2, 0.25) is 0 Å². The summed E-state index contributed by atoms with van der Waals surface area (Å²) in [6.07, 6.45) is 4.06. The van der Waals surface area contributed by atoms with Crippen LogP contribution in [0.1, 0.15) is 32.6 Å². The molecular weight excluding hydrogens is 192 g/mol. The van der Waals surface area contributed by atoms with Gasteiger partial charge in [-0.1, -0.05) is 19.8 Å². The van der Waals surface area contributed by atoms with E-state index in [-0.39, 0.29) is 11.6 Å². The lowest BCUT2D eigenvalue weighted by Gasteiger charge is -2.45. The largest absolute Gasteiger partial charge is 0.453 e. The SMILES string of the molecule is COC(=O)N(C)C1(CN)CCCC(C)C1. The first-order valence-corrected chi connectivity index (χ1v) is 5.57. The predicted octanol–water partition coefficient (Wildman–Crippen LogP) is 1.59. The summed E-state index contributed by atoms with van der Waals surface area (Å²) in [5.74, 6) is 0.634. The number of nitrogens with zero attached hydrogens (tertiary/aromatic N) is 1. The van der Waals surface area contributed by atoms with E-state index in [1.54, 1.807) is 11.9 Å². The van der Waals surface area contributed by atoms with Crippen LogP contribution in [0, 0.1) is 5.92 Å². The maximum absolute atomic E-state index is 11.5. The molecule has 1 saturated carbocycles. The van der Waals surface area contributed by atoms with E-state index >= 15 is 0 Å². The van der Waals surface area contributed by atoms with E-state index in [9.17, 15) is 4.79 Å². The van der Waals surface area contributed by atoms with Gasteiger partial charge in [0, 0.05) is 13.6 Å². The van der Waals surface area contributed by atoms with Gasteiger partial charge in [-0.05, 0) is 18.8 Å². The molecule has 1 fully saturated rings. The van der Waals surface area contributed by atoms with Crippen LogP contribution in [0.5, 0.6) is 0 Å². The van der Waals surface area contributed by atoms with Gasteiger partial charge in [-0.2, -0.15) is 0 Å². The van der Waals surface area contributed by atoms with Crippen molar-refractivity contribution in [1.29, 1.82) is 0 Å². The van der Waals surface area contributed by atoms with Gasteiger partial charge in [0.25, 0.3) is 0 Å². The van der Waals surface area contributed by atoms with Crippen molar-refractivity contribution in [2.24, 2.45) is 11.7 Å². The Hall–Kier alpha value is -0.770. The second kappa shape index (κ2) is 4.84. The standard InChI is InChI=1S/C11H22N2O2/c1-9-5-4-6-11(7-9,8-12)13(2)10(14)15-3/h9H,4-8,12H2,1-3H3. The molecule has 0 saturated heterocycles. The highest BCUT2D eigenvalue weighted by molar-refractivity contribution is 5.68. The van der Waals surface area contributed by atoms with Crippen LogP contribution in [-0.4, -0.2) is 37.2 Å². The monoisotopic (exact) mass is 214 g/mol. The molecule has 0 aliphatic heterocycles. The molecular formula is C11H22N2O2. The van der Waals surface area contributed by atoms with Gasteiger partial charge in [-0.3, -0.25) is 0 Å². The Morgan fingerprint density at radius 2 is 2.33 bits per heavy atom. The highest BCUT2D eigenvalue weighted by atomic mass is 16.5. The number of hydrogen-bond acceptors (Lipinski definition) is 3. The zero-order chi connectivity index (χ0) is 11.5. The van der Waals surface area contributed by atoms with Crippen molar-refractivity contribution in [3.05, 3.63) is 0 Å². The number of rotatable bonds is 2. The first kappa shape index (κ1) is 12.3. The third-order valence-corrected chi connectivity index (χ3v) is 3.61. The molecule has 0 aromatic heterocycles. The summed E-state index contributed by atoms with van der Waals surface area (Å²) in [5.41, 5.74) is 5.65. The second-order valence-corrected chi connectivity index (χ2v) is 4.66. The second-order valence-electron chi connectivity index (χ2n) is 4.66. The molecule has 2 atom stereocenters. The number of nitrogens with two attached hydrogens (primary N) is 1. The van der Waals surface area contributed by atoms with Crippen LogP contribution in [0.15, 0.2) is 0 Å². The Bertz CT molecular complexity index is 233. The molecule has 4 nitrogen and oxygen atoms in total. The summed E-state index contributed by atoms with van der Waals surface area (Å²) in [7, 11) is 3.20. The van der Waals surface area contributed by atoms with Crippen molar-refractivity contribution in [3.8, 4) is 0 Å². The number of likely N-dealkylation sites (N-methyl/N-ethyl adjacent to an activating group) is 1. The molecule has 1 aliphatic carbocycles. The molecule has 1 amide bonds. The summed E-state index contributed by atoms with van der Waals surface area (Å²) < 4.78 is 4.76. The minimum Gasteiger partial charge on any atom is -0.453 e. The van der Waals surface area contributed by atoms with E-state index in [1.807, 2.05) is 0 Å². The predicted molar refractivity (Wildman–Crippen MR) is 59.6 cm³/mol. The molecule has 0 spiro atoms. The molecule has 0 radical (unpaired) electrons. The Balaban J connectivity index is 2.78. The maximum Gasteiger partial charge on any atom is 0.409 e. The quantitative estimate of drug-likeness (QED) is 0.759. The molecule has 88 valence electrons. The van der Waals surface area contributed by atoms with Gasteiger partial charge >= 0.3 is 6.09 Å². The lowest BCUT2D eigenvalue weighted by molar-refractivity contribution is 0.0484. The van der Waals surface area contributed by atoms with Gasteiger partial charge in [-0.25, -0.2) is 4.79 Å². The fraction of sp³-hybridized carbons (Fsp3) is 0.909.